The first-order chi connectivity index (χ1) is 14.2. The minimum atomic E-state index is -0.100. The van der Waals surface area contributed by atoms with Crippen LogP contribution in [0.5, 0.6) is 0 Å². The molecule has 2 aromatic heterocycles. The molecule has 150 valence electrons. The Kier molecular flexibility index (Phi) is 6.00. The van der Waals surface area contributed by atoms with Gasteiger partial charge in [-0.15, -0.1) is 0 Å². The van der Waals surface area contributed by atoms with Crippen LogP contribution in [0.4, 0.5) is 5.13 Å². The molecular weight excluding hydrogens is 386 g/mol. The van der Waals surface area contributed by atoms with Crippen LogP contribution in [0.1, 0.15) is 23.2 Å². The Hall–Kier alpha value is -3.00. The number of aromatic nitrogens is 2. The lowest BCUT2D eigenvalue weighted by atomic mass is 10.2. The zero-order chi connectivity index (χ0) is 20.1. The van der Waals surface area contributed by atoms with Crippen LogP contribution in [0, 0.1) is 0 Å². The summed E-state index contributed by atoms with van der Waals surface area (Å²) in [5, 5.41) is 3.83. The molecule has 1 saturated heterocycles. The largest absolute Gasteiger partial charge is 0.352 e. The second kappa shape index (κ2) is 9.00. The molecule has 0 radical (unpaired) electrons. The summed E-state index contributed by atoms with van der Waals surface area (Å²) in [6.45, 7) is 3.43. The third-order valence-electron chi connectivity index (χ3n) is 4.95. The number of thiazole rings is 1. The van der Waals surface area contributed by atoms with Gasteiger partial charge in [-0.1, -0.05) is 29.5 Å². The van der Waals surface area contributed by atoms with Crippen LogP contribution in [-0.2, 0) is 4.79 Å². The first kappa shape index (κ1) is 19.3. The Labute approximate surface area is 173 Å². The number of rotatable bonds is 6. The number of hydrogen-bond donors (Lipinski definition) is 1. The maximum absolute atomic E-state index is 12.5. The van der Waals surface area contributed by atoms with Crippen molar-refractivity contribution < 1.29 is 9.59 Å². The van der Waals surface area contributed by atoms with Gasteiger partial charge in [-0.25, -0.2) is 9.97 Å². The Morgan fingerprint density at radius 2 is 1.83 bits per heavy atom. The third kappa shape index (κ3) is 4.71. The second-order valence-corrected chi connectivity index (χ2v) is 7.87. The molecule has 7 nitrogen and oxygen atoms in total. The van der Waals surface area contributed by atoms with Crippen molar-refractivity contribution in [3.05, 3.63) is 54.2 Å². The fourth-order valence-corrected chi connectivity index (χ4v) is 4.29. The minimum absolute atomic E-state index is 0.100. The van der Waals surface area contributed by atoms with Crippen molar-refractivity contribution in [1.29, 1.82) is 0 Å². The van der Waals surface area contributed by atoms with Crippen LogP contribution in [-0.4, -0.2) is 59.4 Å². The van der Waals surface area contributed by atoms with Gasteiger partial charge in [0, 0.05) is 50.9 Å². The molecule has 1 aromatic carbocycles. The molecule has 0 saturated carbocycles. The molecule has 0 unspecified atom stereocenters. The Morgan fingerprint density at radius 1 is 1.03 bits per heavy atom. The summed E-state index contributed by atoms with van der Waals surface area (Å²) in [6.07, 6.45) is 2.87. The maximum atomic E-state index is 12.5. The lowest BCUT2D eigenvalue weighted by Crippen LogP contribution is -2.48. The highest BCUT2D eigenvalue weighted by Gasteiger charge is 2.23. The van der Waals surface area contributed by atoms with Crippen molar-refractivity contribution in [1.82, 2.24) is 20.2 Å². The molecule has 1 fully saturated rings. The fraction of sp³-hybridized carbons (Fsp3) is 0.333. The lowest BCUT2D eigenvalue weighted by Gasteiger charge is -2.34. The number of nitrogens with one attached hydrogen (secondary N) is 1. The smallest absolute Gasteiger partial charge is 0.251 e. The number of anilines is 1. The van der Waals surface area contributed by atoms with E-state index in [1.54, 1.807) is 29.7 Å². The summed E-state index contributed by atoms with van der Waals surface area (Å²) >= 11 is 1.59. The van der Waals surface area contributed by atoms with Crippen LogP contribution < -0.4 is 10.2 Å². The number of carbonyl (C=O) groups excluding carboxylic acids is 2. The van der Waals surface area contributed by atoms with Gasteiger partial charge in [-0.05, 0) is 30.7 Å². The van der Waals surface area contributed by atoms with Crippen molar-refractivity contribution in [2.75, 3.05) is 37.6 Å². The van der Waals surface area contributed by atoms with Gasteiger partial charge in [0.15, 0.2) is 5.13 Å². The number of fused-ring (bicyclic) bond motifs is 1. The summed E-state index contributed by atoms with van der Waals surface area (Å²) in [5.74, 6) is 0.0431. The van der Waals surface area contributed by atoms with Crippen LogP contribution >= 0.6 is 11.3 Å². The van der Waals surface area contributed by atoms with E-state index in [9.17, 15) is 9.59 Å². The average molecular weight is 410 g/mol. The van der Waals surface area contributed by atoms with Crippen molar-refractivity contribution in [2.24, 2.45) is 0 Å². The van der Waals surface area contributed by atoms with Crippen LogP contribution in [0.15, 0.2) is 48.7 Å². The van der Waals surface area contributed by atoms with Crippen molar-refractivity contribution in [3.8, 4) is 0 Å². The summed E-state index contributed by atoms with van der Waals surface area (Å²) in [7, 11) is 0. The Balaban J connectivity index is 1.19. The fourth-order valence-electron chi connectivity index (χ4n) is 3.33. The SMILES string of the molecule is O=C(NCCCC(=O)N1CCN(c2nc3cccnc3s2)CC1)c1ccccc1. The minimum Gasteiger partial charge on any atom is -0.352 e. The summed E-state index contributed by atoms with van der Waals surface area (Å²) in [6, 6.07) is 13.0. The van der Waals surface area contributed by atoms with Gasteiger partial charge < -0.3 is 15.1 Å². The molecule has 2 amide bonds. The monoisotopic (exact) mass is 409 g/mol. The highest BCUT2D eigenvalue weighted by molar-refractivity contribution is 7.21. The van der Waals surface area contributed by atoms with Gasteiger partial charge >= 0.3 is 0 Å². The van der Waals surface area contributed by atoms with Crippen LogP contribution in [0.25, 0.3) is 10.3 Å². The molecule has 3 heterocycles. The first-order valence-electron chi connectivity index (χ1n) is 9.78. The number of carbonyl (C=O) groups is 2. The van der Waals surface area contributed by atoms with Gasteiger partial charge in [-0.2, -0.15) is 0 Å². The van der Waals surface area contributed by atoms with E-state index in [-0.39, 0.29) is 11.8 Å². The Bertz CT molecular complexity index is 950. The van der Waals surface area contributed by atoms with E-state index in [1.165, 1.54) is 0 Å². The Morgan fingerprint density at radius 3 is 2.59 bits per heavy atom. The van der Waals surface area contributed by atoms with E-state index in [0.29, 0.717) is 38.0 Å². The van der Waals surface area contributed by atoms with Crippen molar-refractivity contribution in [3.63, 3.8) is 0 Å². The molecule has 4 rings (SSSR count). The van der Waals surface area contributed by atoms with Crippen LogP contribution in [0.3, 0.4) is 0 Å². The number of nitrogens with zero attached hydrogens (tertiary/aromatic N) is 4. The highest BCUT2D eigenvalue weighted by atomic mass is 32.1. The number of benzene rings is 1. The number of hydrogen-bond acceptors (Lipinski definition) is 6. The molecule has 8 heteroatoms. The highest BCUT2D eigenvalue weighted by Crippen LogP contribution is 2.27. The molecule has 1 N–H and O–H groups in total. The van der Waals surface area contributed by atoms with E-state index < -0.39 is 0 Å². The molecular formula is C21H23N5O2S. The molecule has 0 atom stereocenters. The van der Waals surface area contributed by atoms with E-state index in [0.717, 1.165) is 28.6 Å². The topological polar surface area (TPSA) is 78.4 Å². The van der Waals surface area contributed by atoms with Crippen molar-refractivity contribution >= 4 is 38.6 Å². The van der Waals surface area contributed by atoms with Gasteiger partial charge in [0.05, 0.1) is 0 Å². The standard InChI is InChI=1S/C21H23N5O2S/c27-18(9-5-10-22-19(28)16-6-2-1-3-7-16)25-12-14-26(15-13-25)21-24-17-8-4-11-23-20(17)29-21/h1-4,6-8,11H,5,9-10,12-15H2,(H,22,28). The van der Waals surface area contributed by atoms with E-state index in [1.807, 2.05) is 35.2 Å². The predicted molar refractivity (Wildman–Crippen MR) is 114 cm³/mol. The zero-order valence-corrected chi connectivity index (χ0v) is 16.9. The number of pyridine rings is 1. The average Bonchev–Trinajstić information content (AvgIpc) is 3.21. The summed E-state index contributed by atoms with van der Waals surface area (Å²) in [5.41, 5.74) is 1.56. The van der Waals surface area contributed by atoms with Gasteiger partial charge in [-0.3, -0.25) is 9.59 Å². The lowest BCUT2D eigenvalue weighted by molar-refractivity contribution is -0.131. The van der Waals surface area contributed by atoms with Gasteiger partial charge in [0.25, 0.3) is 5.91 Å². The molecule has 3 aromatic rings. The molecule has 29 heavy (non-hydrogen) atoms. The predicted octanol–water partition coefficient (Wildman–Crippen LogP) is 2.55. The maximum Gasteiger partial charge on any atom is 0.251 e. The molecule has 0 spiro atoms. The van der Waals surface area contributed by atoms with E-state index >= 15 is 0 Å². The first-order valence-corrected chi connectivity index (χ1v) is 10.6. The zero-order valence-electron chi connectivity index (χ0n) is 16.1. The quantitative estimate of drug-likeness (QED) is 0.633. The normalized spacial score (nSPS) is 14.2. The number of piperazine rings is 1. The molecule has 0 aliphatic carbocycles. The summed E-state index contributed by atoms with van der Waals surface area (Å²) < 4.78 is 0. The molecule has 0 bridgehead atoms. The molecule has 1 aliphatic rings. The number of amides is 2. The molecule has 1 aliphatic heterocycles. The van der Waals surface area contributed by atoms with E-state index in [4.69, 9.17) is 0 Å². The van der Waals surface area contributed by atoms with E-state index in [2.05, 4.69) is 20.2 Å². The van der Waals surface area contributed by atoms with Gasteiger partial charge in [0.1, 0.15) is 10.3 Å². The van der Waals surface area contributed by atoms with Crippen LogP contribution in [0.2, 0.25) is 0 Å². The van der Waals surface area contributed by atoms with Crippen molar-refractivity contribution in [2.45, 2.75) is 12.8 Å². The second-order valence-electron chi connectivity index (χ2n) is 6.92. The third-order valence-corrected chi connectivity index (χ3v) is 5.99. The van der Waals surface area contributed by atoms with Gasteiger partial charge in [0.2, 0.25) is 5.91 Å². The summed E-state index contributed by atoms with van der Waals surface area (Å²) in [4.78, 5) is 38.5.